The van der Waals surface area contributed by atoms with Gasteiger partial charge in [-0.1, -0.05) is 27.7 Å². The van der Waals surface area contributed by atoms with Crippen LogP contribution in [0.4, 0.5) is 0 Å². The number of nitroso groups, excluding NO2 is 1. The number of likely N-dealkylation sites (N-methyl/N-ethyl adjacent to an activating group) is 1. The van der Waals surface area contributed by atoms with Crippen molar-refractivity contribution in [2.45, 2.75) is 179 Å². The Morgan fingerprint density at radius 3 is 2.09 bits per heavy atom. The largest absolute Gasteiger partial charge is 0.459 e. The van der Waals surface area contributed by atoms with E-state index in [1.807, 2.05) is 0 Å². The lowest BCUT2D eigenvalue weighted by Gasteiger charge is -2.49. The van der Waals surface area contributed by atoms with Crippen LogP contribution < -0.4 is 0 Å². The Hall–Kier alpha value is -1.86. The molecule has 3 rings (SSSR count). The minimum Gasteiger partial charge on any atom is -0.459 e. The highest BCUT2D eigenvalue weighted by Gasteiger charge is 2.54. The quantitative estimate of drug-likeness (QED) is 0.115. The molecular formula is C37H66N2O14. The van der Waals surface area contributed by atoms with Crippen LogP contribution in [0.3, 0.4) is 0 Å². The number of carbonyl (C=O) groups excluding carboxylic acids is 2. The monoisotopic (exact) mass is 766 g/mol. The highest BCUT2D eigenvalue weighted by molar-refractivity contribution is 5.83. The number of methoxy groups -OCH3 is 2. The molecule has 16 nitrogen and oxygen atoms in total. The summed E-state index contributed by atoms with van der Waals surface area (Å²) in [5.41, 5.74) is -4.62. The molecule has 0 spiro atoms. The molecule has 0 saturated carbocycles. The maximum Gasteiger partial charge on any atom is 0.311 e. The number of hydrogen-bond acceptors (Lipinski definition) is 15. The second-order valence-electron chi connectivity index (χ2n) is 16.1. The van der Waals surface area contributed by atoms with Crippen molar-refractivity contribution < 1.29 is 67.3 Å². The van der Waals surface area contributed by atoms with Gasteiger partial charge < -0.3 is 53.6 Å². The number of rotatable bonds is 9. The van der Waals surface area contributed by atoms with E-state index < -0.39 is 127 Å². The third kappa shape index (κ3) is 9.58. The number of ketones is 1. The van der Waals surface area contributed by atoms with Gasteiger partial charge in [0.05, 0.1) is 59.0 Å². The number of ether oxygens (including phenoxy) is 7. The summed E-state index contributed by atoms with van der Waals surface area (Å²) in [6.07, 6.45) is -12.2. The number of cyclic esters (lactones) is 1. The van der Waals surface area contributed by atoms with Crippen LogP contribution >= 0.6 is 0 Å². The number of hydrogen-bond donors (Lipinski definition) is 4. The van der Waals surface area contributed by atoms with E-state index in [1.165, 1.54) is 28.1 Å². The molecule has 3 aliphatic rings. The molecular weight excluding hydrogens is 697 g/mol. The zero-order valence-electron chi connectivity index (χ0n) is 36.3. The Morgan fingerprint density at radius 2 is 1.55 bits per heavy atom. The zero-order chi connectivity index (χ0) is 42.9. The molecule has 3 saturated heterocycles. The third-order valence-corrected chi connectivity index (χ3v) is 12.0. The summed E-state index contributed by atoms with van der Waals surface area (Å²) in [5, 5.41) is 48.6. The van der Waals surface area contributed by atoms with E-state index in [0.29, 0.717) is 5.01 Å². The van der Waals surface area contributed by atoms with Gasteiger partial charge in [0.2, 0.25) is 0 Å². The Bertz CT molecular complexity index is 1350. The van der Waals surface area contributed by atoms with Crippen LogP contribution in [0.5, 0.6) is 0 Å². The zero-order valence-corrected chi connectivity index (χ0v) is 33.3. The topological polar surface area (TPSA) is 212 Å². The summed E-state index contributed by atoms with van der Waals surface area (Å²) in [4.78, 5) is 40.0. The summed E-state index contributed by atoms with van der Waals surface area (Å²) in [7, 11) is 2.83. The molecule has 3 heterocycles. The average Bonchev–Trinajstić information content (AvgIpc) is 3.12. The number of esters is 1. The number of carbonyl (C=O) groups is 2. The van der Waals surface area contributed by atoms with Crippen LogP contribution in [-0.4, -0.2) is 143 Å². The van der Waals surface area contributed by atoms with E-state index in [1.54, 1.807) is 55.4 Å². The maximum atomic E-state index is 14.2. The molecule has 0 aromatic carbocycles. The normalized spacial score (nSPS) is 49.1. The average molecular weight is 767 g/mol. The van der Waals surface area contributed by atoms with Gasteiger partial charge in [0.1, 0.15) is 29.7 Å². The number of Topliss-reactive ketones (excluding diaryl/α,β-unsaturated/α-hetero) is 1. The summed E-state index contributed by atoms with van der Waals surface area (Å²) in [5.74, 6) is -5.28. The van der Waals surface area contributed by atoms with E-state index in [0.717, 1.165) is 0 Å². The molecule has 18 atom stereocenters. The van der Waals surface area contributed by atoms with Crippen LogP contribution in [0, 0.1) is 28.6 Å². The van der Waals surface area contributed by atoms with Crippen LogP contribution in [0.2, 0.25) is 0 Å². The highest BCUT2D eigenvalue weighted by atomic mass is 16.7. The van der Waals surface area contributed by atoms with Crippen LogP contribution in [0.15, 0.2) is 5.29 Å². The van der Waals surface area contributed by atoms with Gasteiger partial charge in [0, 0.05) is 49.5 Å². The Kier molecular flexibility index (Phi) is 13.8. The van der Waals surface area contributed by atoms with E-state index >= 15 is 0 Å². The molecule has 0 unspecified atom stereocenters. The van der Waals surface area contributed by atoms with Gasteiger partial charge in [0.25, 0.3) is 0 Å². The Morgan fingerprint density at radius 1 is 0.925 bits per heavy atom. The van der Waals surface area contributed by atoms with Crippen LogP contribution in [0.1, 0.15) is 99.0 Å². The first kappa shape index (κ1) is 40.8. The molecule has 308 valence electrons. The predicted octanol–water partition coefficient (Wildman–Crippen LogP) is 2.49. The molecule has 0 aliphatic carbocycles. The van der Waals surface area contributed by atoms with Gasteiger partial charge >= 0.3 is 5.97 Å². The molecule has 16 heteroatoms. The standard InChI is InChI=1S/C37H66N2O14/c1-14-25-37(10,45)30(42)20(4)27(40)18(2)16-36(9,48-13)32(53-34-28(41)24(39(11)38-46)15-19(3)49-34)21(5)29(22(6)33(44)51-25)52-26-17-35(8,47-12)31(43)23(7)50-26/h18-26,28-32,34,41-43,45H,14-17H2,1-13H3/t18-,19-,20+,21+,22-,23+,24+,25-,26+,28-,29+,30-,31+,32-,34+,35-,36-,37-/m1/s1/i11+1D3. The molecule has 0 aromatic rings. The van der Waals surface area contributed by atoms with E-state index in [4.69, 9.17) is 37.3 Å². The number of aliphatic hydroxyl groups is 4. The fourth-order valence-electron chi connectivity index (χ4n) is 8.37. The van der Waals surface area contributed by atoms with Gasteiger partial charge in [0.15, 0.2) is 12.6 Å². The van der Waals surface area contributed by atoms with Gasteiger partial charge in [-0.15, -0.1) is 4.91 Å². The molecule has 4 N–H and O–H groups in total. The maximum absolute atomic E-state index is 14.2. The minimum absolute atomic E-state index is 0.0300. The van der Waals surface area contributed by atoms with Crippen molar-refractivity contribution in [2.24, 2.45) is 29.0 Å². The van der Waals surface area contributed by atoms with Crippen molar-refractivity contribution in [3.8, 4) is 0 Å². The van der Waals surface area contributed by atoms with Gasteiger partial charge in [-0.2, -0.15) is 0 Å². The predicted molar refractivity (Wildman–Crippen MR) is 191 cm³/mol. The smallest absolute Gasteiger partial charge is 0.311 e. The van der Waals surface area contributed by atoms with Crippen molar-refractivity contribution in [1.29, 1.82) is 0 Å². The van der Waals surface area contributed by atoms with Crippen molar-refractivity contribution in [1.82, 2.24) is 5.01 Å². The van der Waals surface area contributed by atoms with Gasteiger partial charge in [-0.3, -0.25) is 14.6 Å². The lowest BCUT2D eigenvalue weighted by atomic mass is 9.74. The van der Waals surface area contributed by atoms with E-state index in [9.17, 15) is 34.9 Å². The van der Waals surface area contributed by atoms with Crippen LogP contribution in [-0.2, 0) is 42.7 Å². The van der Waals surface area contributed by atoms with Crippen LogP contribution in [0.25, 0.3) is 0 Å². The third-order valence-electron chi connectivity index (χ3n) is 12.0. The first-order valence-electron chi connectivity index (χ1n) is 20.1. The first-order chi connectivity index (χ1) is 25.7. The Balaban J connectivity index is 2.25. The lowest BCUT2D eigenvalue weighted by Crippen LogP contribution is -2.61. The second-order valence-corrected chi connectivity index (χ2v) is 16.1. The molecule has 0 bridgehead atoms. The molecule has 3 aliphatic heterocycles. The molecule has 0 radical (unpaired) electrons. The van der Waals surface area contributed by atoms with Gasteiger partial charge in [-0.05, 0) is 60.8 Å². The molecule has 53 heavy (non-hydrogen) atoms. The van der Waals surface area contributed by atoms with E-state index in [-0.39, 0.29) is 25.7 Å². The second kappa shape index (κ2) is 17.9. The Labute approximate surface area is 318 Å². The highest BCUT2D eigenvalue weighted by Crippen LogP contribution is 2.42. The summed E-state index contributed by atoms with van der Waals surface area (Å²) in [6.45, 7) is 13.0. The summed E-state index contributed by atoms with van der Waals surface area (Å²) in [6, 6.07) is -1.35. The number of nitrogens with zero attached hydrogens (tertiary/aromatic N) is 2. The molecule has 0 aromatic heterocycles. The fourth-order valence-corrected chi connectivity index (χ4v) is 8.37. The lowest BCUT2D eigenvalue weighted by molar-refractivity contribution is -0.319. The fraction of sp³-hybridized carbons (Fsp3) is 0.946. The molecule has 0 amide bonds. The van der Waals surface area contributed by atoms with Crippen molar-refractivity contribution in [2.75, 3.05) is 21.2 Å². The molecule has 3 fully saturated rings. The van der Waals surface area contributed by atoms with Crippen molar-refractivity contribution >= 4 is 11.8 Å². The summed E-state index contributed by atoms with van der Waals surface area (Å²) >= 11 is 0. The summed E-state index contributed by atoms with van der Waals surface area (Å²) < 4.78 is 66.8. The SMILES string of the molecule is [2H][13C]([2H])([2H])N(N=O)[C@H]1C[C@@H](C)O[C@@H](O[C@@H]2[C@@H](C)[C@H](O[C@H]3C[C@@](C)(OC)[C@@H](O)[C@H](C)O3)[C@@H](C)C(=O)O[C@H](CC)[C@@](C)(O)[C@H](O)[C@@H](C)C(=O)[C@H](C)C[C@@]2(C)OC)[C@@H]1O. The minimum atomic E-state index is -3.00. The van der Waals surface area contributed by atoms with Crippen molar-refractivity contribution in [3.63, 3.8) is 0 Å². The van der Waals surface area contributed by atoms with Gasteiger partial charge in [-0.25, -0.2) is 0 Å². The number of aliphatic hydroxyl groups excluding tert-OH is 3. The van der Waals surface area contributed by atoms with Crippen molar-refractivity contribution in [3.05, 3.63) is 4.91 Å². The van der Waals surface area contributed by atoms with E-state index in [2.05, 4.69) is 5.29 Å². The first-order valence-corrected chi connectivity index (χ1v) is 18.6.